The van der Waals surface area contributed by atoms with Gasteiger partial charge in [0.25, 0.3) is 5.56 Å². The molecule has 5 rings (SSSR count). The van der Waals surface area contributed by atoms with Gasteiger partial charge < -0.3 is 14.2 Å². The van der Waals surface area contributed by atoms with E-state index in [4.69, 9.17) is 13.8 Å². The molecule has 5 aromatic rings. The topological polar surface area (TPSA) is 90.3 Å². The first kappa shape index (κ1) is 20.3. The molecule has 1 aromatic carbocycles. The summed E-state index contributed by atoms with van der Waals surface area (Å²) in [6.07, 6.45) is 3.14. The number of thiophene rings is 1. The Balaban J connectivity index is 1.50. The zero-order chi connectivity index (χ0) is 21.9. The van der Waals surface area contributed by atoms with Crippen molar-refractivity contribution in [1.29, 1.82) is 0 Å². The molecular formula is C23H17N3O4S2. The van der Waals surface area contributed by atoms with Crippen LogP contribution in [0.2, 0.25) is 0 Å². The van der Waals surface area contributed by atoms with E-state index in [2.05, 4.69) is 5.32 Å². The summed E-state index contributed by atoms with van der Waals surface area (Å²) >= 11 is 2.59. The quantitative estimate of drug-likeness (QED) is 0.278. The Hall–Kier alpha value is -3.56. The molecule has 0 bridgehead atoms. The number of hydrogen-bond acceptors (Lipinski definition) is 7. The fourth-order valence-corrected chi connectivity index (χ4v) is 5.08. The molecule has 0 radical (unpaired) electrons. The van der Waals surface area contributed by atoms with Crippen molar-refractivity contribution in [2.45, 2.75) is 11.7 Å². The molecule has 4 aromatic heterocycles. The molecule has 0 atom stereocenters. The molecule has 9 heteroatoms. The predicted molar refractivity (Wildman–Crippen MR) is 124 cm³/mol. The fraction of sp³-hybridized carbons (Fsp3) is 0.0870. The van der Waals surface area contributed by atoms with Crippen molar-refractivity contribution in [2.75, 3.05) is 5.75 Å². The number of hydrogen-bond donors (Lipinski definition) is 1. The van der Waals surface area contributed by atoms with Crippen molar-refractivity contribution in [2.24, 2.45) is 0 Å². The van der Waals surface area contributed by atoms with Gasteiger partial charge in [0.1, 0.15) is 16.4 Å². The molecule has 160 valence electrons. The maximum atomic E-state index is 13.6. The largest absolute Gasteiger partial charge is 0.467 e. The van der Waals surface area contributed by atoms with E-state index in [1.54, 1.807) is 35.3 Å². The number of benzene rings is 1. The average Bonchev–Trinajstić information content (AvgIpc) is 3.58. The zero-order valence-corrected chi connectivity index (χ0v) is 18.3. The smallest absolute Gasteiger partial charge is 0.268 e. The molecule has 32 heavy (non-hydrogen) atoms. The van der Waals surface area contributed by atoms with Crippen LogP contribution in [0, 0.1) is 0 Å². The molecule has 0 aliphatic heterocycles. The molecule has 0 unspecified atom stereocenters. The summed E-state index contributed by atoms with van der Waals surface area (Å²) in [7, 11) is 0. The van der Waals surface area contributed by atoms with Crippen LogP contribution in [0.1, 0.15) is 5.76 Å². The van der Waals surface area contributed by atoms with Gasteiger partial charge in [0, 0.05) is 10.9 Å². The van der Waals surface area contributed by atoms with Gasteiger partial charge in [-0.05, 0) is 36.4 Å². The lowest BCUT2D eigenvalue weighted by molar-refractivity contribution is -0.118. The lowest BCUT2D eigenvalue weighted by atomic mass is 10.2. The summed E-state index contributed by atoms with van der Waals surface area (Å²) < 4.78 is 12.3. The number of nitrogens with one attached hydrogen (secondary N) is 1. The third-order valence-electron chi connectivity index (χ3n) is 4.75. The second kappa shape index (κ2) is 8.89. The minimum absolute atomic E-state index is 0.113. The SMILES string of the molecule is O=C(CSc1nc2scc(-c3ccco3)c2c(=O)n1-c1ccccc1)NCc1ccco1. The first-order chi connectivity index (χ1) is 15.7. The number of para-hydroxylation sites is 1. The molecule has 0 aliphatic rings. The summed E-state index contributed by atoms with van der Waals surface area (Å²) in [4.78, 5) is 31.3. The Morgan fingerprint density at radius 1 is 1.06 bits per heavy atom. The van der Waals surface area contributed by atoms with Gasteiger partial charge >= 0.3 is 0 Å². The number of furan rings is 2. The number of carbonyl (C=O) groups excluding carboxylic acids is 1. The van der Waals surface area contributed by atoms with Crippen molar-refractivity contribution in [3.63, 3.8) is 0 Å². The highest BCUT2D eigenvalue weighted by Gasteiger charge is 2.20. The Morgan fingerprint density at radius 3 is 2.62 bits per heavy atom. The number of amides is 1. The maximum absolute atomic E-state index is 13.6. The maximum Gasteiger partial charge on any atom is 0.268 e. The van der Waals surface area contributed by atoms with E-state index in [9.17, 15) is 9.59 Å². The second-order valence-corrected chi connectivity index (χ2v) is 8.62. The Bertz CT molecular complexity index is 1410. The monoisotopic (exact) mass is 463 g/mol. The van der Waals surface area contributed by atoms with Crippen LogP contribution < -0.4 is 10.9 Å². The van der Waals surface area contributed by atoms with Crippen LogP contribution >= 0.6 is 23.1 Å². The van der Waals surface area contributed by atoms with Gasteiger partial charge in [0.2, 0.25) is 5.91 Å². The number of aromatic nitrogens is 2. The lowest BCUT2D eigenvalue weighted by Crippen LogP contribution is -2.26. The first-order valence-corrected chi connectivity index (χ1v) is 11.6. The van der Waals surface area contributed by atoms with E-state index in [1.807, 2.05) is 41.8 Å². The average molecular weight is 464 g/mol. The van der Waals surface area contributed by atoms with Crippen molar-refractivity contribution < 1.29 is 13.6 Å². The van der Waals surface area contributed by atoms with Crippen molar-refractivity contribution >= 4 is 39.2 Å². The molecular weight excluding hydrogens is 446 g/mol. The lowest BCUT2D eigenvalue weighted by Gasteiger charge is -2.12. The van der Waals surface area contributed by atoms with Crippen LogP contribution in [0.5, 0.6) is 0 Å². The van der Waals surface area contributed by atoms with Crippen LogP contribution in [0.4, 0.5) is 0 Å². The minimum atomic E-state index is -0.202. The molecule has 0 aliphatic carbocycles. The fourth-order valence-electron chi connectivity index (χ4n) is 3.27. The summed E-state index contributed by atoms with van der Waals surface area (Å²) in [6.45, 7) is 0.307. The van der Waals surface area contributed by atoms with Gasteiger partial charge in [-0.15, -0.1) is 11.3 Å². The van der Waals surface area contributed by atoms with E-state index in [1.165, 1.54) is 23.1 Å². The van der Waals surface area contributed by atoms with Gasteiger partial charge in [0.05, 0.1) is 35.9 Å². The molecule has 7 nitrogen and oxygen atoms in total. The van der Waals surface area contributed by atoms with Gasteiger partial charge in [-0.1, -0.05) is 30.0 Å². The Morgan fingerprint density at radius 2 is 1.88 bits per heavy atom. The van der Waals surface area contributed by atoms with Crippen LogP contribution in [-0.2, 0) is 11.3 Å². The van der Waals surface area contributed by atoms with Gasteiger partial charge in [0.15, 0.2) is 5.16 Å². The van der Waals surface area contributed by atoms with Crippen molar-refractivity contribution in [3.8, 4) is 17.0 Å². The molecule has 0 fully saturated rings. The Labute approximate surface area is 190 Å². The normalized spacial score (nSPS) is 11.1. The molecule has 0 saturated heterocycles. The summed E-state index contributed by atoms with van der Waals surface area (Å²) in [6, 6.07) is 16.5. The minimum Gasteiger partial charge on any atom is -0.467 e. The zero-order valence-electron chi connectivity index (χ0n) is 16.7. The van der Waals surface area contributed by atoms with E-state index in [0.29, 0.717) is 44.7 Å². The summed E-state index contributed by atoms with van der Waals surface area (Å²) in [5.74, 6) is 1.23. The number of thioether (sulfide) groups is 1. The third kappa shape index (κ3) is 4.00. The molecule has 1 N–H and O–H groups in total. The third-order valence-corrected chi connectivity index (χ3v) is 6.56. The highest BCUT2D eigenvalue weighted by molar-refractivity contribution is 7.99. The van der Waals surface area contributed by atoms with Gasteiger partial charge in [-0.2, -0.15) is 0 Å². The number of fused-ring (bicyclic) bond motifs is 1. The highest BCUT2D eigenvalue weighted by Crippen LogP contribution is 2.33. The molecule has 0 saturated carbocycles. The van der Waals surface area contributed by atoms with Crippen LogP contribution in [0.3, 0.4) is 0 Å². The van der Waals surface area contributed by atoms with Crippen LogP contribution in [0.25, 0.3) is 27.2 Å². The highest BCUT2D eigenvalue weighted by atomic mass is 32.2. The Kier molecular flexibility index (Phi) is 5.66. The van der Waals surface area contributed by atoms with E-state index < -0.39 is 0 Å². The number of nitrogens with zero attached hydrogens (tertiary/aromatic N) is 2. The van der Waals surface area contributed by atoms with E-state index >= 15 is 0 Å². The van der Waals surface area contributed by atoms with Crippen LogP contribution in [-0.4, -0.2) is 21.2 Å². The van der Waals surface area contributed by atoms with Gasteiger partial charge in [-0.25, -0.2) is 4.98 Å². The molecule has 1 amide bonds. The van der Waals surface area contributed by atoms with Gasteiger partial charge in [-0.3, -0.25) is 14.2 Å². The van der Waals surface area contributed by atoms with Crippen molar-refractivity contribution in [3.05, 3.63) is 88.6 Å². The number of rotatable bonds is 7. The standard InChI is InChI=1S/C23H17N3O4S2/c27-19(24-12-16-8-4-10-29-16)14-32-23-25-21-20(17(13-31-21)18-9-5-11-30-18)22(28)26(23)15-6-2-1-3-7-15/h1-11,13H,12,14H2,(H,24,27). The summed E-state index contributed by atoms with van der Waals surface area (Å²) in [5, 5.41) is 5.64. The van der Waals surface area contributed by atoms with E-state index in [-0.39, 0.29) is 17.2 Å². The summed E-state index contributed by atoms with van der Waals surface area (Å²) in [5.41, 5.74) is 1.19. The number of carbonyl (C=O) groups is 1. The molecule has 0 spiro atoms. The van der Waals surface area contributed by atoms with Crippen molar-refractivity contribution in [1.82, 2.24) is 14.9 Å². The van der Waals surface area contributed by atoms with E-state index in [0.717, 1.165) is 0 Å². The van der Waals surface area contributed by atoms with Crippen LogP contribution in [0.15, 0.2) is 91.3 Å². The first-order valence-electron chi connectivity index (χ1n) is 9.76. The molecule has 4 heterocycles. The predicted octanol–water partition coefficient (Wildman–Crippen LogP) is 4.71. The second-order valence-electron chi connectivity index (χ2n) is 6.82.